The minimum absolute atomic E-state index is 0.0461. The van der Waals surface area contributed by atoms with Crippen LogP contribution < -0.4 is 5.73 Å². The topological polar surface area (TPSA) is 63.4 Å². The number of benzene rings is 1. The third-order valence-electron chi connectivity index (χ3n) is 2.88. The van der Waals surface area contributed by atoms with Crippen molar-refractivity contribution in [3.63, 3.8) is 0 Å². The molecular weight excluding hydrogens is 294 g/mol. The molecule has 19 heavy (non-hydrogen) atoms. The molecule has 106 valence electrons. The Balaban J connectivity index is 2.47. The van der Waals surface area contributed by atoms with Crippen molar-refractivity contribution in [1.82, 2.24) is 4.31 Å². The second kappa shape index (κ2) is 5.74. The lowest BCUT2D eigenvalue weighted by Gasteiger charge is -2.26. The van der Waals surface area contributed by atoms with E-state index in [0.29, 0.717) is 24.6 Å². The quantitative estimate of drug-likeness (QED) is 0.910. The van der Waals surface area contributed by atoms with E-state index < -0.39 is 26.6 Å². The van der Waals surface area contributed by atoms with E-state index in [1.165, 1.54) is 4.31 Å². The smallest absolute Gasteiger partial charge is 0.246 e. The van der Waals surface area contributed by atoms with Crippen LogP contribution in [0.4, 0.5) is 8.78 Å². The van der Waals surface area contributed by atoms with Crippen LogP contribution in [-0.4, -0.2) is 37.3 Å². The Labute approximate surface area is 115 Å². The van der Waals surface area contributed by atoms with Gasteiger partial charge in [0.2, 0.25) is 10.0 Å². The molecule has 1 aliphatic heterocycles. The fourth-order valence-electron chi connectivity index (χ4n) is 1.85. The number of nitrogens with zero attached hydrogens (tertiary/aromatic N) is 1. The summed E-state index contributed by atoms with van der Waals surface area (Å²) < 4.78 is 52.9. The zero-order chi connectivity index (χ0) is 14.0. The molecule has 0 unspecified atom stereocenters. The molecule has 0 amide bonds. The first-order valence-electron chi connectivity index (χ1n) is 5.72. The molecule has 2 N–H and O–H groups in total. The van der Waals surface area contributed by atoms with Crippen molar-refractivity contribution < 1.29 is 17.2 Å². The summed E-state index contributed by atoms with van der Waals surface area (Å²) in [5.74, 6) is -1.22. The van der Waals surface area contributed by atoms with Crippen molar-refractivity contribution in [1.29, 1.82) is 0 Å². The van der Waals surface area contributed by atoms with Gasteiger partial charge < -0.3 is 5.73 Å². The van der Waals surface area contributed by atoms with Crippen LogP contribution in [0.2, 0.25) is 0 Å². The molecule has 8 heteroatoms. The first-order chi connectivity index (χ1) is 8.96. The fraction of sp³-hybridized carbons (Fsp3) is 0.455. The first kappa shape index (κ1) is 14.7. The van der Waals surface area contributed by atoms with Crippen molar-refractivity contribution >= 4 is 21.8 Å². The monoisotopic (exact) mass is 308 g/mol. The van der Waals surface area contributed by atoms with E-state index in [0.717, 1.165) is 12.1 Å². The lowest BCUT2D eigenvalue weighted by Crippen LogP contribution is -2.38. The third kappa shape index (κ3) is 2.91. The molecule has 0 bridgehead atoms. The summed E-state index contributed by atoms with van der Waals surface area (Å²) in [6.07, 6.45) is 0. The largest absolute Gasteiger partial charge is 0.326 e. The van der Waals surface area contributed by atoms with E-state index >= 15 is 0 Å². The summed E-state index contributed by atoms with van der Waals surface area (Å²) in [7, 11) is -4.00. The predicted octanol–water partition coefficient (Wildman–Crippen LogP) is 1.16. The fourth-order valence-corrected chi connectivity index (χ4v) is 4.55. The Kier molecular flexibility index (Phi) is 4.44. The van der Waals surface area contributed by atoms with Crippen molar-refractivity contribution in [2.45, 2.75) is 11.4 Å². The highest BCUT2D eigenvalue weighted by Crippen LogP contribution is 2.25. The van der Waals surface area contributed by atoms with E-state index in [2.05, 4.69) is 0 Å². The third-order valence-corrected chi connectivity index (χ3v) is 5.72. The maximum absolute atomic E-state index is 13.7. The summed E-state index contributed by atoms with van der Waals surface area (Å²) >= 11 is 1.63. The van der Waals surface area contributed by atoms with Crippen molar-refractivity contribution in [2.24, 2.45) is 5.73 Å². The molecule has 0 saturated carbocycles. The van der Waals surface area contributed by atoms with E-state index in [1.54, 1.807) is 11.8 Å². The van der Waals surface area contributed by atoms with E-state index in [-0.39, 0.29) is 12.1 Å². The van der Waals surface area contributed by atoms with Crippen molar-refractivity contribution in [3.05, 3.63) is 29.3 Å². The van der Waals surface area contributed by atoms with Gasteiger partial charge in [-0.25, -0.2) is 17.2 Å². The zero-order valence-electron chi connectivity index (χ0n) is 10.1. The summed E-state index contributed by atoms with van der Waals surface area (Å²) in [6, 6.07) is 2.02. The maximum atomic E-state index is 13.7. The van der Waals surface area contributed by atoms with Crippen LogP contribution in [-0.2, 0) is 16.6 Å². The van der Waals surface area contributed by atoms with Crippen LogP contribution in [0.3, 0.4) is 0 Å². The van der Waals surface area contributed by atoms with Crippen LogP contribution in [0.1, 0.15) is 5.56 Å². The Morgan fingerprint density at radius 2 is 1.89 bits per heavy atom. The van der Waals surface area contributed by atoms with Gasteiger partial charge in [0.15, 0.2) is 11.6 Å². The number of hydrogen-bond donors (Lipinski definition) is 1. The molecule has 0 aliphatic carbocycles. The summed E-state index contributed by atoms with van der Waals surface area (Å²) in [6.45, 7) is 0.567. The zero-order valence-corrected chi connectivity index (χ0v) is 11.7. The van der Waals surface area contributed by atoms with Crippen LogP contribution in [0.5, 0.6) is 0 Å². The summed E-state index contributed by atoms with van der Waals surface area (Å²) in [4.78, 5) is -0.625. The lowest BCUT2D eigenvalue weighted by molar-refractivity contribution is 0.430. The number of nitrogens with two attached hydrogens (primary N) is 1. The molecule has 1 saturated heterocycles. The second-order valence-electron chi connectivity index (χ2n) is 4.11. The Bertz CT molecular complexity index is 572. The minimum atomic E-state index is -4.00. The van der Waals surface area contributed by atoms with E-state index in [4.69, 9.17) is 5.73 Å². The average molecular weight is 308 g/mol. The normalized spacial score (nSPS) is 17.6. The Morgan fingerprint density at radius 1 is 1.26 bits per heavy atom. The molecule has 0 radical (unpaired) electrons. The standard InChI is InChI=1S/C11H14F2N2O2S2/c12-9-5-8(7-14)6-10(11(9)13)19(16,17)15-1-3-18-4-2-15/h5-6H,1-4,7,14H2. The molecule has 1 heterocycles. The van der Waals surface area contributed by atoms with Gasteiger partial charge in [0.25, 0.3) is 0 Å². The lowest BCUT2D eigenvalue weighted by atomic mass is 10.2. The average Bonchev–Trinajstić information content (AvgIpc) is 2.42. The van der Waals surface area contributed by atoms with Crippen LogP contribution >= 0.6 is 11.8 Å². The van der Waals surface area contributed by atoms with E-state index in [9.17, 15) is 17.2 Å². The molecule has 1 fully saturated rings. The molecule has 4 nitrogen and oxygen atoms in total. The van der Waals surface area contributed by atoms with Gasteiger partial charge in [-0.2, -0.15) is 16.1 Å². The molecule has 1 aliphatic rings. The van der Waals surface area contributed by atoms with Crippen LogP contribution in [0, 0.1) is 11.6 Å². The van der Waals surface area contributed by atoms with Gasteiger partial charge in [0.05, 0.1) is 0 Å². The minimum Gasteiger partial charge on any atom is -0.326 e. The number of halogens is 2. The van der Waals surface area contributed by atoms with Gasteiger partial charge in [-0.15, -0.1) is 0 Å². The number of sulfonamides is 1. The molecule has 0 atom stereocenters. The van der Waals surface area contributed by atoms with E-state index in [1.807, 2.05) is 0 Å². The van der Waals surface area contributed by atoms with Gasteiger partial charge in [-0.1, -0.05) is 0 Å². The number of rotatable bonds is 3. The Morgan fingerprint density at radius 3 is 2.47 bits per heavy atom. The summed E-state index contributed by atoms with van der Waals surface area (Å²) in [5, 5.41) is 0. The maximum Gasteiger partial charge on any atom is 0.246 e. The van der Waals surface area contributed by atoms with Gasteiger partial charge in [0, 0.05) is 31.1 Å². The van der Waals surface area contributed by atoms with Gasteiger partial charge >= 0.3 is 0 Å². The Hall–Kier alpha value is -0.700. The van der Waals surface area contributed by atoms with Crippen LogP contribution in [0.15, 0.2) is 17.0 Å². The molecule has 0 spiro atoms. The van der Waals surface area contributed by atoms with Gasteiger partial charge in [-0.05, 0) is 17.7 Å². The second-order valence-corrected chi connectivity index (χ2v) is 7.24. The number of hydrogen-bond acceptors (Lipinski definition) is 4. The predicted molar refractivity (Wildman–Crippen MR) is 70.3 cm³/mol. The molecule has 1 aromatic rings. The summed E-state index contributed by atoms with van der Waals surface area (Å²) in [5.41, 5.74) is 5.61. The molecule has 0 aromatic heterocycles. The SMILES string of the molecule is NCc1cc(F)c(F)c(S(=O)(=O)N2CCSCC2)c1. The number of thioether (sulfide) groups is 1. The highest BCUT2D eigenvalue weighted by molar-refractivity contribution is 7.99. The highest BCUT2D eigenvalue weighted by Gasteiger charge is 2.30. The molecular formula is C11H14F2N2O2S2. The first-order valence-corrected chi connectivity index (χ1v) is 8.32. The molecule has 2 rings (SSSR count). The van der Waals surface area contributed by atoms with Crippen molar-refractivity contribution in [3.8, 4) is 0 Å². The van der Waals surface area contributed by atoms with Crippen LogP contribution in [0.25, 0.3) is 0 Å². The van der Waals surface area contributed by atoms with Gasteiger partial charge in [0.1, 0.15) is 4.90 Å². The molecule has 1 aromatic carbocycles. The van der Waals surface area contributed by atoms with Gasteiger partial charge in [-0.3, -0.25) is 0 Å². The highest BCUT2D eigenvalue weighted by atomic mass is 32.2. The van der Waals surface area contributed by atoms with Crippen molar-refractivity contribution in [2.75, 3.05) is 24.6 Å².